The number of benzene rings is 6. The molecule has 2 N–H and O–H groups in total. The highest BCUT2D eigenvalue weighted by Crippen LogP contribution is 2.44. The van der Waals surface area contributed by atoms with E-state index in [2.05, 4.69) is 58.1 Å². The number of nitrogens with one attached hydrogen (secondary N) is 2. The van der Waals surface area contributed by atoms with Gasteiger partial charge in [0, 0.05) is 105 Å². The predicted molar refractivity (Wildman–Crippen MR) is 388 cm³/mol. The maximum absolute atomic E-state index is 13.7. The topological polar surface area (TPSA) is 203 Å². The molecule has 12 aromatic rings. The first-order chi connectivity index (χ1) is 43.6. The van der Waals surface area contributed by atoms with E-state index >= 15 is 0 Å². The van der Waals surface area contributed by atoms with Crippen LogP contribution in [0.1, 0.15) is 55.8 Å². The zero-order valence-electron chi connectivity index (χ0n) is 51.8. The first-order valence-corrected chi connectivity index (χ1v) is 34.3. The van der Waals surface area contributed by atoms with Crippen molar-refractivity contribution in [3.05, 3.63) is 198 Å². The normalized spacial score (nSPS) is 13.3. The fourth-order valence-electron chi connectivity index (χ4n) is 10.3. The van der Waals surface area contributed by atoms with Crippen molar-refractivity contribution in [3.63, 3.8) is 0 Å². The molecule has 486 valence electrons. The Morgan fingerprint density at radius 1 is 0.574 bits per heavy atom. The van der Waals surface area contributed by atoms with Crippen LogP contribution in [0.4, 0.5) is 20.2 Å². The van der Waals surface area contributed by atoms with Crippen LogP contribution >= 0.6 is 58.3 Å². The van der Waals surface area contributed by atoms with Gasteiger partial charge in [0.15, 0.2) is 0 Å². The average molecular weight is 1480 g/mol. The van der Waals surface area contributed by atoms with E-state index in [1.165, 1.54) is 91.7 Å². The molecular formula is C69H65BClF2IN6O10S4. The predicted octanol–water partition coefficient (Wildman–Crippen LogP) is 16.1. The van der Waals surface area contributed by atoms with Crippen LogP contribution in [-0.4, -0.2) is 97.6 Å². The Labute approximate surface area is 574 Å². The number of furan rings is 2. The fraction of sp³-hybridized carbons (Fsp3) is 0.188. The number of anilines is 2. The van der Waals surface area contributed by atoms with Crippen molar-refractivity contribution in [3.8, 4) is 54.9 Å². The van der Waals surface area contributed by atoms with Gasteiger partial charge in [0.05, 0.1) is 67.5 Å². The number of fused-ring (bicyclic) bond motifs is 4. The lowest BCUT2D eigenvalue weighted by Gasteiger charge is -2.32. The molecule has 2 amide bonds. The average Bonchev–Trinajstić information content (AvgIpc) is 1.59. The van der Waals surface area contributed by atoms with E-state index in [-0.39, 0.29) is 59.6 Å². The molecule has 16 nitrogen and oxygen atoms in total. The quantitative estimate of drug-likeness (QED) is 0.0866. The van der Waals surface area contributed by atoms with Gasteiger partial charge >= 0.3 is 7.12 Å². The van der Waals surface area contributed by atoms with Crippen LogP contribution in [0.15, 0.2) is 179 Å². The largest absolute Gasteiger partial charge is 0.497 e. The van der Waals surface area contributed by atoms with Crippen molar-refractivity contribution in [2.75, 3.05) is 49.3 Å². The lowest BCUT2D eigenvalue weighted by molar-refractivity contribution is 0.00578. The van der Waals surface area contributed by atoms with Crippen LogP contribution in [-0.2, 0) is 29.4 Å². The van der Waals surface area contributed by atoms with Gasteiger partial charge in [0.1, 0.15) is 34.3 Å². The van der Waals surface area contributed by atoms with Gasteiger partial charge in [-0.3, -0.25) is 23.2 Å². The molecule has 13 rings (SSSR count). The van der Waals surface area contributed by atoms with Crippen molar-refractivity contribution in [1.29, 1.82) is 0 Å². The molecular weight excluding hydrogens is 1410 g/mol. The van der Waals surface area contributed by atoms with E-state index in [0.29, 0.717) is 60.6 Å². The number of thiophene rings is 2. The summed E-state index contributed by atoms with van der Waals surface area (Å²) >= 11 is 9.32. The van der Waals surface area contributed by atoms with E-state index in [4.69, 9.17) is 34.7 Å². The minimum atomic E-state index is -3.67. The summed E-state index contributed by atoms with van der Waals surface area (Å²) in [6, 6.07) is 45.9. The molecule has 1 aliphatic heterocycles. The highest BCUT2D eigenvalue weighted by Gasteiger charge is 2.53. The van der Waals surface area contributed by atoms with Crippen molar-refractivity contribution < 1.29 is 53.3 Å². The third-order valence-electron chi connectivity index (χ3n) is 16.1. The van der Waals surface area contributed by atoms with Gasteiger partial charge < -0.3 is 28.8 Å². The molecule has 0 bridgehead atoms. The summed E-state index contributed by atoms with van der Waals surface area (Å²) in [5.41, 5.74) is 4.64. The molecule has 0 spiro atoms. The lowest BCUT2D eigenvalue weighted by Crippen LogP contribution is -2.41. The second-order valence-corrected chi connectivity index (χ2v) is 29.3. The van der Waals surface area contributed by atoms with E-state index in [9.17, 15) is 35.2 Å². The Morgan fingerprint density at radius 2 is 1.03 bits per heavy atom. The Bertz CT molecular complexity index is 5000. The van der Waals surface area contributed by atoms with Gasteiger partial charge in [-0.1, -0.05) is 61.5 Å². The highest BCUT2D eigenvalue weighted by molar-refractivity contribution is 14.0. The molecule has 6 aromatic carbocycles. The summed E-state index contributed by atoms with van der Waals surface area (Å²) in [6.07, 6.45) is 5.70. The molecule has 6 aromatic heterocycles. The number of carbonyl (C=O) groups excluding carboxylic acids is 2. The molecule has 1 aliphatic rings. The maximum atomic E-state index is 13.7. The van der Waals surface area contributed by atoms with Gasteiger partial charge in [0.25, 0.3) is 11.8 Å². The van der Waals surface area contributed by atoms with E-state index < -0.39 is 61.8 Å². The van der Waals surface area contributed by atoms with Crippen LogP contribution in [0.3, 0.4) is 0 Å². The van der Waals surface area contributed by atoms with Gasteiger partial charge in [-0.2, -0.15) is 0 Å². The number of hydrogen-bond donors (Lipinski definition) is 2. The van der Waals surface area contributed by atoms with Crippen molar-refractivity contribution in [2.45, 2.75) is 46.3 Å². The van der Waals surface area contributed by atoms with Crippen LogP contribution in [0, 0.1) is 11.6 Å². The fourth-order valence-corrected chi connectivity index (χ4v) is 13.6. The van der Waals surface area contributed by atoms with Crippen LogP contribution < -0.4 is 24.7 Å². The molecule has 1 saturated heterocycles. The van der Waals surface area contributed by atoms with E-state index in [1.54, 1.807) is 59.2 Å². The van der Waals surface area contributed by atoms with Gasteiger partial charge in [-0.25, -0.2) is 30.6 Å². The number of hydrogen-bond acceptors (Lipinski definition) is 14. The van der Waals surface area contributed by atoms with Crippen LogP contribution in [0.2, 0.25) is 5.02 Å². The lowest BCUT2D eigenvalue weighted by atomic mass is 9.77. The number of aromatic nitrogens is 2. The maximum Gasteiger partial charge on any atom is 0.497 e. The third kappa shape index (κ3) is 14.3. The number of rotatable bonds is 12. The molecule has 1 fully saturated rings. The van der Waals surface area contributed by atoms with Crippen molar-refractivity contribution in [1.82, 2.24) is 20.6 Å². The summed E-state index contributed by atoms with van der Waals surface area (Å²) in [4.78, 5) is 37.3. The summed E-state index contributed by atoms with van der Waals surface area (Å²) in [7, 11) is -2.33. The first kappa shape index (κ1) is 70.2. The second-order valence-electron chi connectivity index (χ2n) is 22.7. The molecule has 94 heavy (non-hydrogen) atoms. The molecule has 0 radical (unpaired) electrons. The molecule has 7 heterocycles. The zero-order valence-corrected chi connectivity index (χ0v) is 58.1. The van der Waals surface area contributed by atoms with Gasteiger partial charge in [-0.05, 0) is 142 Å². The summed E-state index contributed by atoms with van der Waals surface area (Å²) < 4.78 is 107. The first-order valence-electron chi connectivity index (χ1n) is 28.6. The Balaban J connectivity index is 0.000000178. The molecule has 0 aliphatic carbocycles. The summed E-state index contributed by atoms with van der Waals surface area (Å²) in [5, 5.41) is 9.24. The molecule has 0 saturated carbocycles. The Hall–Kier alpha value is -8.08. The van der Waals surface area contributed by atoms with Crippen LogP contribution in [0.25, 0.3) is 97.0 Å². The smallest absolute Gasteiger partial charge is 0.455 e. The number of sulfonamides is 2. The Kier molecular flexibility index (Phi) is 20.7. The van der Waals surface area contributed by atoms with Gasteiger partial charge in [0.2, 0.25) is 20.0 Å². The minimum Gasteiger partial charge on any atom is -0.455 e. The van der Waals surface area contributed by atoms with Gasteiger partial charge in [-0.15, -0.1) is 46.7 Å². The summed E-state index contributed by atoms with van der Waals surface area (Å²) in [5.74, 6) is -1.17. The van der Waals surface area contributed by atoms with E-state index in [0.717, 1.165) is 47.3 Å². The Morgan fingerprint density at radius 3 is 1.52 bits per heavy atom. The SMILES string of the molecule is C.CNC(=O)c1c(-c2ccc(F)cc2)oc2cc(N(C)S(C)(=O)=O)c(-c3cccc(-c4cc5ccccc5s4)n3)cc12.CNC(=O)c1c(-c2ccc(F)cc2)oc2cc(N(C)S(C)(=O)=O)c(B3OC(C)(C)C(C)(C)O3)cc12.Clc1cncc(-c2cc3ccccc3s2)c1.I. The zero-order chi connectivity index (χ0) is 65.8. The monoisotopic (exact) mass is 1480 g/mol. The molecule has 0 unspecified atom stereocenters. The summed E-state index contributed by atoms with van der Waals surface area (Å²) in [6.45, 7) is 7.58. The second kappa shape index (κ2) is 27.7. The van der Waals surface area contributed by atoms with Crippen LogP contribution in [0.5, 0.6) is 0 Å². The highest BCUT2D eigenvalue weighted by atomic mass is 127. The number of pyridine rings is 2. The van der Waals surface area contributed by atoms with E-state index in [1.807, 2.05) is 70.3 Å². The standard InChI is InChI=1S/C31H24FN3O4S2.C24H28BFN2O6S.C13H8ClNS.CH4.HI/c1-33-31(36)29-22-16-21(23-8-6-9-24(34-23)28-15-19-7-4-5-10-27(19)40-28)25(35(2)41(3,37)38)17-26(22)39-30(29)18-11-13-20(32)14-12-18;1-23(2)24(3,4)34-25(33-23)17-12-16-19(13-18(17)28(6)35(7,30)31)32-21(20(16)22(29)27-5)14-8-10-15(26)11-9-14;14-11-5-10(7-15-8-11)13-6-9-3-1-2-4-12(9)16-13;;/h4-17H,1-3H3,(H,33,36);8-13H,1-7H3,(H,27,29);1-8H;1H4;1H. The molecule has 25 heteroatoms. The number of halogens is 4. The third-order valence-corrected chi connectivity index (χ3v) is 21.0. The number of amides is 2. The number of carbonyl (C=O) groups is 2. The van der Waals surface area contributed by atoms with Crippen molar-refractivity contribution >= 4 is 156 Å². The molecule has 0 atom stereocenters. The van der Waals surface area contributed by atoms with Crippen molar-refractivity contribution in [2.24, 2.45) is 0 Å². The minimum absolute atomic E-state index is 0. The number of nitrogens with zero attached hydrogens (tertiary/aromatic N) is 4.